The maximum atomic E-state index is 12.2. The molecule has 1 saturated carbocycles. The number of sulfonamides is 1. The van der Waals surface area contributed by atoms with Crippen LogP contribution in [0.4, 0.5) is 11.4 Å². The molecular weight excluding hydrogens is 282 g/mol. The molecule has 8 heteroatoms. The van der Waals surface area contributed by atoms with Crippen LogP contribution < -0.4 is 10.0 Å². The Kier molecular flexibility index (Phi) is 3.96. The number of rotatable bonds is 6. The van der Waals surface area contributed by atoms with Gasteiger partial charge in [0.05, 0.1) is 4.92 Å². The molecule has 7 nitrogen and oxygen atoms in total. The maximum Gasteiger partial charge on any atom is 0.291 e. The van der Waals surface area contributed by atoms with Crippen LogP contribution in [-0.4, -0.2) is 25.9 Å². The van der Waals surface area contributed by atoms with E-state index in [4.69, 9.17) is 0 Å². The Labute approximate surface area is 117 Å². The van der Waals surface area contributed by atoms with Crippen LogP contribution in [0.2, 0.25) is 0 Å². The van der Waals surface area contributed by atoms with Gasteiger partial charge in [-0.05, 0) is 31.4 Å². The summed E-state index contributed by atoms with van der Waals surface area (Å²) < 4.78 is 26.9. The zero-order chi connectivity index (χ0) is 14.9. The highest BCUT2D eigenvalue weighted by atomic mass is 32.2. The fourth-order valence-corrected chi connectivity index (χ4v) is 3.46. The van der Waals surface area contributed by atoms with Gasteiger partial charge >= 0.3 is 0 Å². The minimum atomic E-state index is -3.86. The molecule has 2 rings (SSSR count). The molecule has 110 valence electrons. The van der Waals surface area contributed by atoms with Crippen molar-refractivity contribution in [1.82, 2.24) is 4.72 Å². The summed E-state index contributed by atoms with van der Waals surface area (Å²) in [5.74, 6) is 0.282. The smallest absolute Gasteiger partial charge is 0.291 e. The first-order chi connectivity index (χ1) is 9.35. The summed E-state index contributed by atoms with van der Waals surface area (Å²) in [4.78, 5) is 10.1. The molecule has 1 aliphatic rings. The number of benzene rings is 1. The third-order valence-electron chi connectivity index (χ3n) is 3.24. The summed E-state index contributed by atoms with van der Waals surface area (Å²) in [5.41, 5.74) is 0.113. The van der Waals surface area contributed by atoms with E-state index in [0.29, 0.717) is 12.2 Å². The van der Waals surface area contributed by atoms with Gasteiger partial charge < -0.3 is 5.32 Å². The summed E-state index contributed by atoms with van der Waals surface area (Å²) in [6.07, 6.45) is 0.766. The molecule has 20 heavy (non-hydrogen) atoms. The molecule has 0 aliphatic heterocycles. The van der Waals surface area contributed by atoms with Crippen LogP contribution in [0.3, 0.4) is 0 Å². The van der Waals surface area contributed by atoms with E-state index in [1.54, 1.807) is 0 Å². The predicted molar refractivity (Wildman–Crippen MR) is 75.2 cm³/mol. The Bertz CT molecular complexity index is 630. The fourth-order valence-electron chi connectivity index (χ4n) is 1.95. The van der Waals surface area contributed by atoms with E-state index in [1.807, 2.05) is 13.8 Å². The number of nitrogens with one attached hydrogen (secondary N) is 2. The van der Waals surface area contributed by atoms with Crippen LogP contribution in [0.25, 0.3) is 0 Å². The van der Waals surface area contributed by atoms with Gasteiger partial charge in [0, 0.05) is 24.3 Å². The Morgan fingerprint density at radius 1 is 1.45 bits per heavy atom. The molecule has 0 saturated heterocycles. The Hall–Kier alpha value is -1.67. The number of anilines is 1. The van der Waals surface area contributed by atoms with Crippen LogP contribution in [-0.2, 0) is 10.0 Å². The number of nitro groups is 1. The molecule has 2 unspecified atom stereocenters. The van der Waals surface area contributed by atoms with Crippen LogP contribution in [0.15, 0.2) is 23.1 Å². The quantitative estimate of drug-likeness (QED) is 0.615. The summed E-state index contributed by atoms with van der Waals surface area (Å²) in [5, 5.41) is 14.0. The average molecular weight is 299 g/mol. The lowest BCUT2D eigenvalue weighted by atomic mass is 10.3. The van der Waals surface area contributed by atoms with E-state index < -0.39 is 20.6 Å². The molecule has 0 radical (unpaired) electrons. The van der Waals surface area contributed by atoms with Crippen molar-refractivity contribution in [1.29, 1.82) is 0 Å². The third-order valence-corrected chi connectivity index (χ3v) is 4.78. The molecule has 0 amide bonds. The van der Waals surface area contributed by atoms with E-state index in [1.165, 1.54) is 18.2 Å². The van der Waals surface area contributed by atoms with Gasteiger partial charge in [-0.1, -0.05) is 6.92 Å². The Balaban J connectivity index is 2.37. The summed E-state index contributed by atoms with van der Waals surface area (Å²) in [6, 6.07) is 3.93. The first-order valence-corrected chi connectivity index (χ1v) is 7.88. The van der Waals surface area contributed by atoms with Crippen molar-refractivity contribution in [3.63, 3.8) is 0 Å². The lowest BCUT2D eigenvalue weighted by molar-refractivity contribution is -0.387. The van der Waals surface area contributed by atoms with Gasteiger partial charge in [-0.3, -0.25) is 10.1 Å². The van der Waals surface area contributed by atoms with Gasteiger partial charge in [0.15, 0.2) is 4.90 Å². The van der Waals surface area contributed by atoms with E-state index >= 15 is 0 Å². The van der Waals surface area contributed by atoms with Crippen molar-refractivity contribution in [3.8, 4) is 0 Å². The monoisotopic (exact) mass is 299 g/mol. The summed E-state index contributed by atoms with van der Waals surface area (Å²) >= 11 is 0. The minimum absolute atomic E-state index is 0.118. The molecule has 0 heterocycles. The molecule has 0 spiro atoms. The van der Waals surface area contributed by atoms with E-state index in [0.717, 1.165) is 6.42 Å². The Morgan fingerprint density at radius 2 is 2.10 bits per heavy atom. The zero-order valence-corrected chi connectivity index (χ0v) is 12.1. The standard InChI is InChI=1S/C12H17N3O4S/c1-3-13-9-4-5-12(11(7-9)15(16)17)20(18,19)14-10-6-8(10)2/h4-5,7-8,10,13-14H,3,6H2,1-2H3. The average Bonchev–Trinajstić information content (AvgIpc) is 3.04. The highest BCUT2D eigenvalue weighted by Gasteiger charge is 2.38. The van der Waals surface area contributed by atoms with Gasteiger partial charge in [0.25, 0.3) is 5.69 Å². The number of nitro benzene ring substituents is 1. The minimum Gasteiger partial charge on any atom is -0.385 e. The largest absolute Gasteiger partial charge is 0.385 e. The number of hydrogen-bond acceptors (Lipinski definition) is 5. The van der Waals surface area contributed by atoms with E-state index in [2.05, 4.69) is 10.0 Å². The maximum absolute atomic E-state index is 12.2. The molecule has 0 bridgehead atoms. The lowest BCUT2D eigenvalue weighted by Crippen LogP contribution is -2.27. The molecule has 0 aromatic heterocycles. The van der Waals surface area contributed by atoms with Gasteiger partial charge in [0.2, 0.25) is 10.0 Å². The van der Waals surface area contributed by atoms with Crippen molar-refractivity contribution < 1.29 is 13.3 Å². The second-order valence-corrected chi connectivity index (χ2v) is 6.59. The van der Waals surface area contributed by atoms with Crippen LogP contribution in [0.1, 0.15) is 20.3 Å². The SMILES string of the molecule is CCNc1ccc(S(=O)(=O)NC2CC2C)c([N+](=O)[O-])c1. The molecule has 1 aliphatic carbocycles. The molecule has 1 fully saturated rings. The predicted octanol–water partition coefficient (Wildman–Crippen LogP) is 1.71. The molecule has 2 atom stereocenters. The van der Waals surface area contributed by atoms with Gasteiger partial charge in [-0.15, -0.1) is 0 Å². The molecule has 1 aromatic rings. The van der Waals surface area contributed by atoms with Crippen molar-refractivity contribution >= 4 is 21.4 Å². The highest BCUT2D eigenvalue weighted by molar-refractivity contribution is 7.89. The van der Waals surface area contributed by atoms with Gasteiger partial charge in [-0.2, -0.15) is 0 Å². The third kappa shape index (κ3) is 3.07. The Morgan fingerprint density at radius 3 is 2.60 bits per heavy atom. The van der Waals surface area contributed by atoms with Crippen molar-refractivity contribution in [3.05, 3.63) is 28.3 Å². The fraction of sp³-hybridized carbons (Fsp3) is 0.500. The normalized spacial score (nSPS) is 21.5. The van der Waals surface area contributed by atoms with Crippen LogP contribution in [0, 0.1) is 16.0 Å². The molecule has 2 N–H and O–H groups in total. The zero-order valence-electron chi connectivity index (χ0n) is 11.3. The highest BCUT2D eigenvalue weighted by Crippen LogP contribution is 2.33. The second-order valence-electron chi connectivity index (χ2n) is 4.91. The van der Waals surface area contributed by atoms with E-state index in [-0.39, 0.29) is 16.9 Å². The number of nitrogens with zero attached hydrogens (tertiary/aromatic N) is 1. The second kappa shape index (κ2) is 5.37. The van der Waals surface area contributed by atoms with Crippen molar-refractivity contribution in [2.75, 3.05) is 11.9 Å². The van der Waals surface area contributed by atoms with Crippen molar-refractivity contribution in [2.24, 2.45) is 5.92 Å². The molecule has 1 aromatic carbocycles. The number of hydrogen-bond donors (Lipinski definition) is 2. The first kappa shape index (κ1) is 14.7. The van der Waals surface area contributed by atoms with Gasteiger partial charge in [0.1, 0.15) is 0 Å². The summed E-state index contributed by atoms with van der Waals surface area (Å²) in [6.45, 7) is 4.38. The van der Waals surface area contributed by atoms with Gasteiger partial charge in [-0.25, -0.2) is 13.1 Å². The summed E-state index contributed by atoms with van der Waals surface area (Å²) in [7, 11) is -3.86. The van der Waals surface area contributed by atoms with Crippen molar-refractivity contribution in [2.45, 2.75) is 31.2 Å². The first-order valence-electron chi connectivity index (χ1n) is 6.39. The topological polar surface area (TPSA) is 101 Å². The van der Waals surface area contributed by atoms with Crippen LogP contribution in [0.5, 0.6) is 0 Å². The van der Waals surface area contributed by atoms with E-state index in [9.17, 15) is 18.5 Å². The molecular formula is C12H17N3O4S. The van der Waals surface area contributed by atoms with Crippen LogP contribution >= 0.6 is 0 Å². The lowest BCUT2D eigenvalue weighted by Gasteiger charge is -2.09.